The maximum Gasteiger partial charge on any atom is 0.124 e. The highest BCUT2D eigenvalue weighted by atomic mass is 14.8. The largest absolute Gasteiger partial charge is 0.384 e. The van der Waals surface area contributed by atoms with Gasteiger partial charge in [0, 0.05) is 6.08 Å². The fourth-order valence-electron chi connectivity index (χ4n) is 0.684. The SMILES string of the molecule is N#C/C=C/c1cccc(N)n1. The van der Waals surface area contributed by atoms with Crippen LogP contribution in [0.25, 0.3) is 6.08 Å². The van der Waals surface area contributed by atoms with Crippen LogP contribution in [0.4, 0.5) is 5.82 Å². The topological polar surface area (TPSA) is 62.7 Å². The molecule has 11 heavy (non-hydrogen) atoms. The van der Waals surface area contributed by atoms with Gasteiger partial charge in [-0.3, -0.25) is 0 Å². The first-order chi connectivity index (χ1) is 5.33. The molecular formula is C8H7N3. The molecule has 0 bridgehead atoms. The van der Waals surface area contributed by atoms with Gasteiger partial charge in [-0.25, -0.2) is 4.98 Å². The van der Waals surface area contributed by atoms with Gasteiger partial charge in [-0.2, -0.15) is 5.26 Å². The molecule has 0 atom stereocenters. The lowest BCUT2D eigenvalue weighted by Gasteiger charge is -1.92. The molecule has 0 fully saturated rings. The molecule has 1 aromatic rings. The van der Waals surface area contributed by atoms with E-state index in [0.29, 0.717) is 11.5 Å². The van der Waals surface area contributed by atoms with E-state index in [-0.39, 0.29) is 0 Å². The number of nitrogen functional groups attached to an aromatic ring is 1. The highest BCUT2D eigenvalue weighted by Gasteiger charge is 1.87. The van der Waals surface area contributed by atoms with Crippen molar-refractivity contribution < 1.29 is 0 Å². The van der Waals surface area contributed by atoms with Crippen molar-refractivity contribution in [2.45, 2.75) is 0 Å². The number of hydrogen-bond acceptors (Lipinski definition) is 3. The maximum atomic E-state index is 8.20. The van der Waals surface area contributed by atoms with Gasteiger partial charge in [-0.05, 0) is 18.2 Å². The molecule has 1 heterocycles. The zero-order valence-corrected chi connectivity index (χ0v) is 5.86. The van der Waals surface area contributed by atoms with Gasteiger partial charge in [-0.1, -0.05) is 6.07 Å². The lowest BCUT2D eigenvalue weighted by Crippen LogP contribution is -1.89. The second-order valence-corrected chi connectivity index (χ2v) is 1.95. The molecule has 3 nitrogen and oxygen atoms in total. The summed E-state index contributed by atoms with van der Waals surface area (Å²) in [6.45, 7) is 0. The van der Waals surface area contributed by atoms with Crippen molar-refractivity contribution in [3.8, 4) is 6.07 Å². The Morgan fingerprint density at radius 2 is 2.36 bits per heavy atom. The van der Waals surface area contributed by atoms with Gasteiger partial charge >= 0.3 is 0 Å². The summed E-state index contributed by atoms with van der Waals surface area (Å²) in [5.41, 5.74) is 6.10. The number of nitrogens with zero attached hydrogens (tertiary/aromatic N) is 2. The number of nitrogens with two attached hydrogens (primary N) is 1. The average molecular weight is 145 g/mol. The smallest absolute Gasteiger partial charge is 0.124 e. The van der Waals surface area contributed by atoms with E-state index >= 15 is 0 Å². The first-order valence-corrected chi connectivity index (χ1v) is 3.11. The van der Waals surface area contributed by atoms with Crippen LogP contribution in [0.15, 0.2) is 24.3 Å². The van der Waals surface area contributed by atoms with Crippen LogP contribution in [0.3, 0.4) is 0 Å². The predicted octanol–water partition coefficient (Wildman–Crippen LogP) is 1.20. The van der Waals surface area contributed by atoms with Crippen molar-refractivity contribution in [2.75, 3.05) is 5.73 Å². The Balaban J connectivity index is 2.90. The van der Waals surface area contributed by atoms with Crippen molar-refractivity contribution in [2.24, 2.45) is 0 Å². The number of anilines is 1. The monoisotopic (exact) mass is 145 g/mol. The van der Waals surface area contributed by atoms with Crippen LogP contribution in [0.2, 0.25) is 0 Å². The molecule has 2 N–H and O–H groups in total. The first kappa shape index (κ1) is 7.29. The molecular weight excluding hydrogens is 138 g/mol. The summed E-state index contributed by atoms with van der Waals surface area (Å²) >= 11 is 0. The van der Waals surface area contributed by atoms with Gasteiger partial charge in [0.1, 0.15) is 5.82 Å². The molecule has 0 spiro atoms. The summed E-state index contributed by atoms with van der Waals surface area (Å²) in [6, 6.07) is 7.15. The van der Waals surface area contributed by atoms with Crippen LogP contribution in [-0.2, 0) is 0 Å². The van der Waals surface area contributed by atoms with Crippen molar-refractivity contribution >= 4 is 11.9 Å². The van der Waals surface area contributed by atoms with E-state index in [1.54, 1.807) is 24.3 Å². The van der Waals surface area contributed by atoms with E-state index in [1.165, 1.54) is 6.08 Å². The fourth-order valence-corrected chi connectivity index (χ4v) is 0.684. The van der Waals surface area contributed by atoms with Gasteiger partial charge in [0.2, 0.25) is 0 Å². The molecule has 1 rings (SSSR count). The lowest BCUT2D eigenvalue weighted by molar-refractivity contribution is 1.30. The number of pyridine rings is 1. The normalized spacial score (nSPS) is 9.73. The zero-order chi connectivity index (χ0) is 8.10. The Morgan fingerprint density at radius 3 is 3.00 bits per heavy atom. The van der Waals surface area contributed by atoms with E-state index in [1.807, 2.05) is 6.07 Å². The highest BCUT2D eigenvalue weighted by molar-refractivity contribution is 5.49. The summed E-state index contributed by atoms with van der Waals surface area (Å²) in [5, 5.41) is 8.20. The van der Waals surface area contributed by atoms with Crippen LogP contribution in [0.1, 0.15) is 5.69 Å². The number of aromatic nitrogens is 1. The van der Waals surface area contributed by atoms with E-state index in [2.05, 4.69) is 4.98 Å². The van der Waals surface area contributed by atoms with Gasteiger partial charge in [0.15, 0.2) is 0 Å². The van der Waals surface area contributed by atoms with Crippen LogP contribution < -0.4 is 5.73 Å². The summed E-state index contributed by atoms with van der Waals surface area (Å²) < 4.78 is 0. The molecule has 0 radical (unpaired) electrons. The summed E-state index contributed by atoms with van der Waals surface area (Å²) in [6.07, 6.45) is 2.97. The molecule has 1 aromatic heterocycles. The van der Waals surface area contributed by atoms with Crippen LogP contribution >= 0.6 is 0 Å². The van der Waals surface area contributed by atoms with Gasteiger partial charge < -0.3 is 5.73 Å². The minimum Gasteiger partial charge on any atom is -0.384 e. The van der Waals surface area contributed by atoms with E-state index in [0.717, 1.165) is 0 Å². The summed E-state index contributed by atoms with van der Waals surface area (Å²) in [4.78, 5) is 3.95. The molecule has 0 aliphatic carbocycles. The average Bonchev–Trinajstić information content (AvgIpc) is 2.01. The van der Waals surface area contributed by atoms with Crippen LogP contribution in [-0.4, -0.2) is 4.98 Å². The third-order valence-corrected chi connectivity index (χ3v) is 1.12. The Morgan fingerprint density at radius 1 is 1.55 bits per heavy atom. The van der Waals surface area contributed by atoms with E-state index < -0.39 is 0 Å². The number of nitriles is 1. The molecule has 0 aromatic carbocycles. The molecule has 0 amide bonds. The Hall–Kier alpha value is -1.82. The molecule has 0 aliphatic heterocycles. The van der Waals surface area contributed by atoms with Crippen molar-refractivity contribution in [3.63, 3.8) is 0 Å². The van der Waals surface area contributed by atoms with E-state index in [9.17, 15) is 0 Å². The van der Waals surface area contributed by atoms with Crippen molar-refractivity contribution in [1.82, 2.24) is 4.98 Å². The lowest BCUT2D eigenvalue weighted by atomic mass is 10.3. The Labute approximate surface area is 64.8 Å². The number of allylic oxidation sites excluding steroid dienone is 1. The Bertz CT molecular complexity index is 309. The third kappa shape index (κ3) is 2.11. The van der Waals surface area contributed by atoms with Crippen LogP contribution in [0.5, 0.6) is 0 Å². The Kier molecular flexibility index (Phi) is 2.24. The van der Waals surface area contributed by atoms with Crippen molar-refractivity contribution in [1.29, 1.82) is 5.26 Å². The predicted molar refractivity (Wildman–Crippen MR) is 43.3 cm³/mol. The minimum atomic E-state index is 0.463. The number of rotatable bonds is 1. The van der Waals surface area contributed by atoms with E-state index in [4.69, 9.17) is 11.0 Å². The third-order valence-electron chi connectivity index (χ3n) is 1.12. The molecule has 0 aliphatic rings. The van der Waals surface area contributed by atoms with Crippen molar-refractivity contribution in [3.05, 3.63) is 30.0 Å². The molecule has 0 unspecified atom stereocenters. The second kappa shape index (κ2) is 3.37. The summed E-state index contributed by atoms with van der Waals surface area (Å²) in [7, 11) is 0. The molecule has 0 saturated heterocycles. The quantitative estimate of drug-likeness (QED) is 0.604. The maximum absolute atomic E-state index is 8.20. The number of hydrogen-bond donors (Lipinski definition) is 1. The zero-order valence-electron chi connectivity index (χ0n) is 5.86. The second-order valence-electron chi connectivity index (χ2n) is 1.95. The standard InChI is InChI=1S/C8H7N3/c9-6-2-4-7-3-1-5-8(10)11-7/h1-5H,(H2,10,11)/b4-2+. The van der Waals surface area contributed by atoms with Gasteiger partial charge in [0.05, 0.1) is 11.8 Å². The highest BCUT2D eigenvalue weighted by Crippen LogP contribution is 2.01. The first-order valence-electron chi connectivity index (χ1n) is 3.11. The van der Waals surface area contributed by atoms with Gasteiger partial charge in [0.25, 0.3) is 0 Å². The minimum absolute atomic E-state index is 0.463. The fraction of sp³-hybridized carbons (Fsp3) is 0. The molecule has 3 heteroatoms. The molecule has 0 saturated carbocycles. The van der Waals surface area contributed by atoms with Gasteiger partial charge in [-0.15, -0.1) is 0 Å². The molecule has 54 valence electrons. The summed E-state index contributed by atoms with van der Waals surface area (Å²) in [5.74, 6) is 0.463. The van der Waals surface area contributed by atoms with Crippen LogP contribution in [0, 0.1) is 11.3 Å².